The van der Waals surface area contributed by atoms with Crippen LogP contribution in [0.4, 0.5) is 0 Å². The molecule has 0 saturated carbocycles. The Hall–Kier alpha value is 0.804. The van der Waals surface area contributed by atoms with Crippen molar-refractivity contribution >= 4 is 45.7 Å². The summed E-state index contributed by atoms with van der Waals surface area (Å²) in [5, 5.41) is 0.251. The second kappa shape index (κ2) is 13.5. The Morgan fingerprint density at radius 2 is 1.40 bits per heavy atom. The first kappa shape index (κ1) is 25.7. The van der Waals surface area contributed by atoms with E-state index >= 15 is 0 Å². The van der Waals surface area contributed by atoms with Crippen LogP contribution in [0.3, 0.4) is 0 Å². The molecule has 0 amide bonds. The lowest BCUT2D eigenvalue weighted by molar-refractivity contribution is -0.109. The summed E-state index contributed by atoms with van der Waals surface area (Å²) in [5.74, 6) is 2.07. The number of hydrogen-bond acceptors (Lipinski definition) is 3. The van der Waals surface area contributed by atoms with Crippen LogP contribution in [0.2, 0.25) is 51.4 Å². The van der Waals surface area contributed by atoms with Gasteiger partial charge in [0.25, 0.3) is 0 Å². The van der Waals surface area contributed by atoms with Crippen molar-refractivity contribution < 1.29 is 6.22 Å². The van der Waals surface area contributed by atoms with E-state index in [1.165, 1.54) is 36.7 Å². The summed E-state index contributed by atoms with van der Waals surface area (Å²) in [4.78, 5) is 10.5. The number of rotatable bonds is 7. The molecule has 20 heavy (non-hydrogen) atoms. The van der Waals surface area contributed by atoms with Crippen molar-refractivity contribution in [2.75, 3.05) is 11.5 Å². The quantitative estimate of drug-likeness (QED) is 0.317. The van der Waals surface area contributed by atoms with Gasteiger partial charge in [0.1, 0.15) is 0 Å². The van der Waals surface area contributed by atoms with Gasteiger partial charge in [-0.1, -0.05) is 70.6 Å². The maximum absolute atomic E-state index is 10.5. The van der Waals surface area contributed by atoms with Crippen LogP contribution in [0.1, 0.15) is 28.6 Å². The van der Waals surface area contributed by atoms with E-state index in [1.54, 1.807) is 6.92 Å². The molecule has 0 rings (SSSR count). The summed E-state index contributed by atoms with van der Waals surface area (Å²) >= 11 is 5.61. The predicted octanol–water partition coefficient (Wildman–Crippen LogP) is 6.52. The molecule has 0 radical (unpaired) electrons. The van der Waals surface area contributed by atoms with E-state index in [0.29, 0.717) is 0 Å². The van der Waals surface area contributed by atoms with Crippen LogP contribution < -0.4 is 0 Å². The fourth-order valence-corrected chi connectivity index (χ4v) is 5.19. The SMILES string of the molecule is C.CC(=O)SCCC[Si](C)(C)C.C[Si](C)(C)CCCS.[2HH]. The van der Waals surface area contributed by atoms with E-state index in [1.807, 2.05) is 0 Å². The van der Waals surface area contributed by atoms with Gasteiger partial charge in [0, 0.05) is 30.3 Å². The Labute approximate surface area is 142 Å². The number of carbonyl (C=O) groups excluding carboxylic acids is 1. The fraction of sp³-hybridized carbons (Fsp3) is 0.933. The molecule has 0 aliphatic rings. The molecule has 126 valence electrons. The maximum Gasteiger partial charge on any atom is 0.185 e. The standard InChI is InChI=1S/C8H18OSSi.C6H16SSi.CH4.H2/c1-8(9)10-6-5-7-11(2,3)4;1-8(2,3)6-4-5-7;;/h5-7H2,1-4H3;7H,4-6H2,1-3H3;1H4;1H/i;;;1+1. The van der Waals surface area contributed by atoms with Gasteiger partial charge in [0.2, 0.25) is 0 Å². The van der Waals surface area contributed by atoms with Gasteiger partial charge in [-0.15, -0.1) is 0 Å². The molecule has 0 aromatic rings. The minimum atomic E-state index is -0.854. The molecule has 0 atom stereocenters. The lowest BCUT2D eigenvalue weighted by Crippen LogP contribution is -2.19. The largest absolute Gasteiger partial charge is 0.288 e. The average molecular weight is 358 g/mol. The summed E-state index contributed by atoms with van der Waals surface area (Å²) in [6.45, 7) is 15.9. The highest BCUT2D eigenvalue weighted by molar-refractivity contribution is 8.13. The molecule has 0 aliphatic carbocycles. The number of thiol groups is 1. The van der Waals surface area contributed by atoms with Crippen LogP contribution in [0, 0.1) is 0 Å². The molecule has 0 N–H and O–H groups in total. The summed E-state index contributed by atoms with van der Waals surface area (Å²) in [6, 6.07) is 2.77. The molecule has 0 spiro atoms. The molecule has 0 aliphatic heterocycles. The number of thioether (sulfide) groups is 1. The van der Waals surface area contributed by atoms with Crippen molar-refractivity contribution in [2.24, 2.45) is 0 Å². The minimum Gasteiger partial charge on any atom is -0.288 e. The summed E-state index contributed by atoms with van der Waals surface area (Å²) in [6.07, 6.45) is 2.51. The van der Waals surface area contributed by atoms with Crippen molar-refractivity contribution in [1.82, 2.24) is 0 Å². The Morgan fingerprint density at radius 3 is 1.65 bits per heavy atom. The second-order valence-electron chi connectivity index (χ2n) is 7.39. The van der Waals surface area contributed by atoms with Crippen LogP contribution in [0.5, 0.6) is 0 Å². The first-order valence-electron chi connectivity index (χ1n) is 7.22. The maximum atomic E-state index is 10.5. The smallest absolute Gasteiger partial charge is 0.185 e. The molecule has 1 nitrogen and oxygen atoms in total. The van der Waals surface area contributed by atoms with E-state index < -0.39 is 16.1 Å². The van der Waals surface area contributed by atoms with Crippen molar-refractivity contribution in [3.8, 4) is 0 Å². The van der Waals surface area contributed by atoms with E-state index in [2.05, 4.69) is 51.9 Å². The lowest BCUT2D eigenvalue weighted by Gasteiger charge is -2.14. The third-order valence-electron chi connectivity index (χ3n) is 2.46. The van der Waals surface area contributed by atoms with E-state index in [0.717, 1.165) is 11.5 Å². The molecule has 5 heteroatoms. The number of carbonyl (C=O) groups is 1. The highest BCUT2D eigenvalue weighted by Crippen LogP contribution is 2.14. The monoisotopic (exact) mass is 357 g/mol. The third-order valence-corrected chi connectivity index (χ3v) is 7.38. The Kier molecular flexibility index (Phi) is 17.3. The van der Waals surface area contributed by atoms with Crippen LogP contribution in [0.25, 0.3) is 0 Å². The second-order valence-corrected chi connectivity index (χ2v) is 20.4. The normalized spacial score (nSPS) is 11.2. The molecular weight excluding hydrogens is 316 g/mol. The molecule has 0 bridgehead atoms. The zero-order valence-electron chi connectivity index (χ0n) is 14.0. The summed E-state index contributed by atoms with van der Waals surface area (Å²) in [5.41, 5.74) is 0. The van der Waals surface area contributed by atoms with Gasteiger partial charge in [0.15, 0.2) is 5.12 Å². The van der Waals surface area contributed by atoms with Gasteiger partial charge in [-0.25, -0.2) is 0 Å². The van der Waals surface area contributed by atoms with Crippen LogP contribution in [-0.4, -0.2) is 32.8 Å². The van der Waals surface area contributed by atoms with Gasteiger partial charge >= 0.3 is 0 Å². The Balaban J connectivity index is -0.000000131. The van der Waals surface area contributed by atoms with Crippen molar-refractivity contribution in [1.29, 1.82) is 0 Å². The van der Waals surface area contributed by atoms with Crippen LogP contribution in [0.15, 0.2) is 0 Å². The minimum absolute atomic E-state index is 0. The van der Waals surface area contributed by atoms with E-state index in [4.69, 9.17) is 0 Å². The van der Waals surface area contributed by atoms with Gasteiger partial charge < -0.3 is 0 Å². The highest BCUT2D eigenvalue weighted by atomic mass is 32.2. The van der Waals surface area contributed by atoms with E-state index in [-0.39, 0.29) is 14.0 Å². The third kappa shape index (κ3) is 31.3. The Bertz CT molecular complexity index is 239. The van der Waals surface area contributed by atoms with Gasteiger partial charge in [-0.05, 0) is 18.6 Å². The molecular formula is C15H40OS2Si2. The lowest BCUT2D eigenvalue weighted by atomic mass is 10.6. The molecule has 0 unspecified atom stereocenters. The average Bonchev–Trinajstić information content (AvgIpc) is 2.20. The molecule has 0 aromatic carbocycles. The van der Waals surface area contributed by atoms with E-state index in [9.17, 15) is 4.79 Å². The first-order valence-corrected chi connectivity index (χ1v) is 16.3. The van der Waals surface area contributed by atoms with Crippen LogP contribution >= 0.6 is 24.4 Å². The highest BCUT2D eigenvalue weighted by Gasteiger charge is 2.11. The first-order chi connectivity index (χ1) is 8.48. The molecule has 0 fully saturated rings. The predicted molar refractivity (Wildman–Crippen MR) is 111 cm³/mol. The van der Waals surface area contributed by atoms with Crippen molar-refractivity contribution in [3.63, 3.8) is 0 Å². The van der Waals surface area contributed by atoms with Crippen LogP contribution in [-0.2, 0) is 4.79 Å². The van der Waals surface area contributed by atoms with Gasteiger partial charge in [0.05, 0.1) is 0 Å². The van der Waals surface area contributed by atoms with Crippen molar-refractivity contribution in [3.05, 3.63) is 0 Å². The van der Waals surface area contributed by atoms with Gasteiger partial charge in [-0.2, -0.15) is 12.6 Å². The summed E-state index contributed by atoms with van der Waals surface area (Å²) in [7, 11) is -1.58. The number of hydrogen-bond donors (Lipinski definition) is 1. The zero-order valence-corrected chi connectivity index (χ0v) is 17.7. The summed E-state index contributed by atoms with van der Waals surface area (Å²) < 4.78 is 0. The molecule has 0 aromatic heterocycles. The zero-order chi connectivity index (χ0) is 15.5. The molecule has 0 saturated heterocycles. The molecule has 0 heterocycles. The topological polar surface area (TPSA) is 17.1 Å². The van der Waals surface area contributed by atoms with Crippen molar-refractivity contribution in [2.45, 2.75) is 78.6 Å². The fourth-order valence-electron chi connectivity index (χ4n) is 1.43. The Morgan fingerprint density at radius 1 is 1.00 bits per heavy atom. The van der Waals surface area contributed by atoms with Gasteiger partial charge in [-0.3, -0.25) is 4.79 Å².